The SMILES string of the molecule is CCCCCCCCO[C@]1(C(=O)OC)C[C@@H]2OC(=O)N[C@H]2[C@H]([C@H](OC(C)=O)[C@H](O)CO[C@]2(C(=O)OC)C[C@@H]3OC(=O)N[C@H]3[C@H]([C@H](OC(C)=O)[C@H](O)CO[C@]3(C(=O)OC)C[C@@H]4OC(=O)N[C@H]4[C@H]([C@H](OC(C)=O)[C@@H](COCc4ccccc4)OC(C)=O)O3)O2)O1. The zero-order chi connectivity index (χ0) is 64.1. The van der Waals surface area contributed by atoms with Crippen molar-refractivity contribution in [2.24, 2.45) is 0 Å². The number of amides is 3. The van der Waals surface area contributed by atoms with Crippen LogP contribution in [0.2, 0.25) is 0 Å². The molecule has 18 atom stereocenters. The molecule has 6 aliphatic heterocycles. The molecule has 5 N–H and O–H groups in total. The number of benzene rings is 1. The molecule has 7 rings (SSSR count). The highest BCUT2D eigenvalue weighted by Crippen LogP contribution is 2.43. The van der Waals surface area contributed by atoms with Crippen molar-refractivity contribution in [3.05, 3.63) is 35.9 Å². The molecular weight excluding hydrogens is 1180 g/mol. The summed E-state index contributed by atoms with van der Waals surface area (Å²) in [7, 11) is 2.93. The van der Waals surface area contributed by atoms with E-state index in [9.17, 15) is 58.2 Å². The summed E-state index contributed by atoms with van der Waals surface area (Å²) in [5.41, 5.74) is 0.711. The van der Waals surface area contributed by atoms with E-state index in [2.05, 4.69) is 22.9 Å². The molecule has 0 aliphatic carbocycles. The van der Waals surface area contributed by atoms with E-state index in [0.717, 1.165) is 81.1 Å². The number of fused-ring (bicyclic) bond motifs is 3. The van der Waals surface area contributed by atoms with Crippen LogP contribution in [0, 0.1) is 0 Å². The van der Waals surface area contributed by atoms with E-state index in [1.807, 2.05) is 0 Å². The van der Waals surface area contributed by atoms with Crippen LogP contribution in [-0.4, -0.2) is 227 Å². The van der Waals surface area contributed by atoms with Crippen molar-refractivity contribution in [1.29, 1.82) is 0 Å². The summed E-state index contributed by atoms with van der Waals surface area (Å²) in [5, 5.41) is 32.0. The van der Waals surface area contributed by atoms with Gasteiger partial charge in [0.2, 0.25) is 0 Å². The number of carbonyl (C=O) groups excluding carboxylic acids is 10. The van der Waals surface area contributed by atoms with E-state index in [1.165, 1.54) is 0 Å². The first-order valence-electron chi connectivity index (χ1n) is 28.7. The van der Waals surface area contributed by atoms with E-state index >= 15 is 0 Å². The Morgan fingerprint density at radius 1 is 0.523 bits per heavy atom. The van der Waals surface area contributed by atoms with Crippen LogP contribution in [0.3, 0.4) is 0 Å². The molecule has 3 amide bonds. The van der Waals surface area contributed by atoms with E-state index in [0.29, 0.717) is 12.0 Å². The maximum atomic E-state index is 14.2. The Morgan fingerprint density at radius 2 is 0.898 bits per heavy atom. The molecule has 88 heavy (non-hydrogen) atoms. The zero-order valence-corrected chi connectivity index (χ0v) is 49.9. The summed E-state index contributed by atoms with van der Waals surface area (Å²) in [4.78, 5) is 132. The van der Waals surface area contributed by atoms with Gasteiger partial charge in [0.25, 0.3) is 17.4 Å². The number of aliphatic hydroxyl groups excluding tert-OH is 2. The maximum absolute atomic E-state index is 14.2. The van der Waals surface area contributed by atoms with Gasteiger partial charge in [-0.1, -0.05) is 69.4 Å². The highest BCUT2D eigenvalue weighted by Gasteiger charge is 2.65. The molecular formula is C56H77N3O29. The van der Waals surface area contributed by atoms with E-state index in [4.69, 9.17) is 80.5 Å². The highest BCUT2D eigenvalue weighted by molar-refractivity contribution is 5.81. The van der Waals surface area contributed by atoms with Gasteiger partial charge in [0.05, 0.1) is 91.8 Å². The molecule has 6 aliphatic rings. The van der Waals surface area contributed by atoms with Crippen molar-refractivity contribution in [2.75, 3.05) is 47.8 Å². The van der Waals surface area contributed by atoms with Crippen LogP contribution in [0.1, 0.15) is 98.0 Å². The smallest absolute Gasteiger partial charge is 0.407 e. The van der Waals surface area contributed by atoms with Crippen LogP contribution < -0.4 is 16.0 Å². The predicted molar refractivity (Wildman–Crippen MR) is 286 cm³/mol. The van der Waals surface area contributed by atoms with Gasteiger partial charge in [-0.3, -0.25) is 19.2 Å². The molecule has 0 bridgehead atoms. The van der Waals surface area contributed by atoms with Gasteiger partial charge < -0.3 is 107 Å². The molecule has 6 fully saturated rings. The Hall–Kier alpha value is -7.04. The fourth-order valence-corrected chi connectivity index (χ4v) is 11.4. The molecule has 6 saturated heterocycles. The van der Waals surface area contributed by atoms with Gasteiger partial charge in [-0.15, -0.1) is 0 Å². The Morgan fingerprint density at radius 3 is 1.30 bits per heavy atom. The molecule has 0 radical (unpaired) electrons. The first-order chi connectivity index (χ1) is 41.9. The third-order valence-corrected chi connectivity index (χ3v) is 15.3. The second-order valence-corrected chi connectivity index (χ2v) is 21.7. The van der Waals surface area contributed by atoms with Gasteiger partial charge in [-0.25, -0.2) is 28.8 Å². The Labute approximate surface area is 504 Å². The van der Waals surface area contributed by atoms with Crippen LogP contribution in [0.4, 0.5) is 14.4 Å². The minimum atomic E-state index is -2.80. The van der Waals surface area contributed by atoms with Gasteiger partial charge in [-0.2, -0.15) is 0 Å². The molecule has 0 unspecified atom stereocenters. The van der Waals surface area contributed by atoms with E-state index < -0.39 is 208 Å². The number of aliphatic hydroxyl groups is 2. The van der Waals surface area contributed by atoms with Crippen molar-refractivity contribution < 1.29 is 139 Å². The number of ether oxygens (including phenoxy) is 17. The Bertz CT molecular complexity index is 2650. The fourth-order valence-electron chi connectivity index (χ4n) is 11.4. The minimum Gasteiger partial charge on any atom is -0.465 e. The average Bonchev–Trinajstić information content (AvgIpc) is 2.66. The van der Waals surface area contributed by atoms with Crippen LogP contribution in [0.25, 0.3) is 0 Å². The number of hydrogen-bond donors (Lipinski definition) is 5. The molecule has 6 heterocycles. The quantitative estimate of drug-likeness (QED) is 0.0383. The molecule has 0 spiro atoms. The molecule has 1 aromatic carbocycles. The zero-order valence-electron chi connectivity index (χ0n) is 49.9. The number of carbonyl (C=O) groups is 10. The fraction of sp³-hybridized carbons (Fsp3) is 0.714. The number of rotatable bonds is 31. The molecule has 32 nitrogen and oxygen atoms in total. The number of unbranched alkanes of at least 4 members (excludes halogenated alkanes) is 5. The van der Waals surface area contributed by atoms with Crippen LogP contribution in [0.5, 0.6) is 0 Å². The molecule has 0 saturated carbocycles. The summed E-state index contributed by atoms with van der Waals surface area (Å²) in [6.45, 7) is 3.38. The minimum absolute atomic E-state index is 0.0163. The summed E-state index contributed by atoms with van der Waals surface area (Å²) >= 11 is 0. The lowest BCUT2D eigenvalue weighted by Crippen LogP contribution is -2.68. The maximum Gasteiger partial charge on any atom is 0.407 e. The topological polar surface area (TPSA) is 404 Å². The first-order valence-corrected chi connectivity index (χ1v) is 28.7. The Kier molecular flexibility index (Phi) is 23.7. The monoisotopic (exact) mass is 1260 g/mol. The van der Waals surface area contributed by atoms with Crippen LogP contribution in [-0.2, 0) is 121 Å². The lowest BCUT2D eigenvalue weighted by Gasteiger charge is -2.47. The normalized spacial score (nSPS) is 30.6. The third kappa shape index (κ3) is 16.4. The van der Waals surface area contributed by atoms with Gasteiger partial charge in [-0.05, 0) is 12.0 Å². The lowest BCUT2D eigenvalue weighted by molar-refractivity contribution is -0.328. The van der Waals surface area contributed by atoms with Crippen LogP contribution in [0.15, 0.2) is 30.3 Å². The molecule has 32 heteroatoms. The summed E-state index contributed by atoms with van der Waals surface area (Å²) in [6, 6.07) is 4.91. The van der Waals surface area contributed by atoms with Crippen molar-refractivity contribution in [2.45, 2.75) is 208 Å². The van der Waals surface area contributed by atoms with Gasteiger partial charge in [0.1, 0.15) is 48.8 Å². The number of alkyl carbamates (subject to hydrolysis) is 3. The van der Waals surface area contributed by atoms with Crippen molar-refractivity contribution in [3.8, 4) is 0 Å². The van der Waals surface area contributed by atoms with Gasteiger partial charge in [0, 0.05) is 27.7 Å². The lowest BCUT2D eigenvalue weighted by atomic mass is 9.88. The van der Waals surface area contributed by atoms with E-state index in [1.54, 1.807) is 30.3 Å². The van der Waals surface area contributed by atoms with Crippen molar-refractivity contribution in [3.63, 3.8) is 0 Å². The van der Waals surface area contributed by atoms with Crippen molar-refractivity contribution >= 4 is 60.1 Å². The first kappa shape index (κ1) is 68.5. The standard InChI is InChI=1S/C56H77N3O29/c1-9-10-11-12-13-17-20-76-54(48(66)72-6)21-35-39(57-51(69)83-35)45(86-54)42(80-29(3)61)33(64)25-77-55(49(67)73-7)22-36-40(58-52(70)84-36)46(87-55)43(81-30(4)62)34(65)26-78-56(50(68)74-8)23-37-41(59-53(71)85-37)47(88-56)44(82-31(5)63)38(79-28(2)60)27-75-24-32-18-15-14-16-19-32/h14-16,18-19,33-47,64-65H,9-13,17,20-27H2,1-8H3,(H,57,69)(H,58,70)(H,59,71)/t33-,34-,35+,36+,37+,38-,39-,40-,41-,42-,43-,44-,45-,46-,47-,54-,55-,56-/m1/s1. The summed E-state index contributed by atoms with van der Waals surface area (Å²) in [5.74, 6) is -15.5. The van der Waals surface area contributed by atoms with Crippen molar-refractivity contribution in [1.82, 2.24) is 16.0 Å². The van der Waals surface area contributed by atoms with Gasteiger partial charge in [0.15, 0.2) is 24.4 Å². The second-order valence-electron chi connectivity index (χ2n) is 21.7. The number of hydrogen-bond acceptors (Lipinski definition) is 29. The second kappa shape index (κ2) is 30.4. The Balaban J connectivity index is 1.17. The number of methoxy groups -OCH3 is 3. The van der Waals surface area contributed by atoms with Crippen LogP contribution >= 0.6 is 0 Å². The predicted octanol–water partition coefficient (Wildman–Crippen LogP) is 0.468. The number of esters is 7. The summed E-state index contributed by atoms with van der Waals surface area (Å²) < 4.78 is 97.9. The van der Waals surface area contributed by atoms with E-state index in [-0.39, 0.29) is 13.2 Å². The summed E-state index contributed by atoms with van der Waals surface area (Å²) in [6.07, 6.45) is -20.6. The third-order valence-electron chi connectivity index (χ3n) is 15.3. The largest absolute Gasteiger partial charge is 0.465 e. The molecule has 490 valence electrons. The average molecular weight is 1260 g/mol. The highest BCUT2D eigenvalue weighted by atomic mass is 16.8. The van der Waals surface area contributed by atoms with Gasteiger partial charge >= 0.3 is 60.1 Å². The number of nitrogens with one attached hydrogen (secondary N) is 3. The molecule has 1 aromatic rings. The molecule has 0 aromatic heterocycles.